The molecule has 1 aromatic rings. The first-order valence-corrected chi connectivity index (χ1v) is 49.2. The predicted molar refractivity (Wildman–Crippen MR) is 457 cm³/mol. The van der Waals surface area contributed by atoms with Gasteiger partial charge in [-0.05, 0) is 117 Å². The normalized spacial score (nSPS) is 14.3. The minimum atomic E-state index is -3.01. The van der Waals surface area contributed by atoms with E-state index in [2.05, 4.69) is 36.7 Å². The molecule has 6 N–H and O–H groups in total. The van der Waals surface area contributed by atoms with Crippen molar-refractivity contribution >= 4 is 62.4 Å². The molecule has 33 nitrogen and oxygen atoms in total. The van der Waals surface area contributed by atoms with Crippen LogP contribution in [0, 0.1) is 16.2 Å². The average Bonchev–Trinajstić information content (AvgIpc) is 0.784. The minimum Gasteiger partial charge on any atom is -0.462 e. The van der Waals surface area contributed by atoms with Gasteiger partial charge in [0.2, 0.25) is 0 Å². The SMILES string of the molecule is CCCCC(C)(CCC)C(=O)OCC(O)CN(CCC[Si](OC)(OC)OC)C(=O)NCCCCCCn1c(=O)n(CCCCCCNC(=O)N(CCC[Si](OC)(OC)OC)CC(O)COC(=O)C(C)(CCC)CCCC)c(=O)n(CCCCCCNC(=O)N(CCC[Si](OC)(OC)OC)CC(O)COC(=O)C(C)(CCC)CCCC)c1=O. The van der Waals surface area contributed by atoms with Gasteiger partial charge < -0.3 is 100 Å². The Bertz CT molecular complexity index is 2720. The number of esters is 3. The van der Waals surface area contributed by atoms with E-state index in [1.54, 1.807) is 0 Å². The number of hydrogen-bond donors (Lipinski definition) is 6. The zero-order valence-electron chi connectivity index (χ0n) is 75.3. The number of ether oxygens (including phenoxy) is 3. The van der Waals surface area contributed by atoms with Crippen LogP contribution in [0.1, 0.15) is 255 Å². The maximum absolute atomic E-state index is 14.4. The Hall–Kier alpha value is -5.20. The fourth-order valence-electron chi connectivity index (χ4n) is 14.7. The number of hydrogen-bond acceptors (Lipinski definition) is 24. The van der Waals surface area contributed by atoms with Gasteiger partial charge in [0.1, 0.15) is 38.1 Å². The molecule has 6 unspecified atom stereocenters. The number of nitrogens with one attached hydrogen (secondary N) is 3. The summed E-state index contributed by atoms with van der Waals surface area (Å²) in [6.45, 7) is 18.1. The zero-order valence-corrected chi connectivity index (χ0v) is 78.3. The summed E-state index contributed by atoms with van der Waals surface area (Å²) in [7, 11) is 4.55. The summed E-state index contributed by atoms with van der Waals surface area (Å²) in [6, 6.07) is -0.139. The van der Waals surface area contributed by atoms with Crippen LogP contribution in [0.15, 0.2) is 14.4 Å². The van der Waals surface area contributed by atoms with Crippen LogP contribution < -0.4 is 33.0 Å². The summed E-state index contributed by atoms with van der Waals surface area (Å²) in [5.41, 5.74) is -4.26. The molecule has 0 aliphatic rings. The molecule has 0 aliphatic carbocycles. The molecule has 0 saturated heterocycles. The van der Waals surface area contributed by atoms with Crippen LogP contribution in [0.4, 0.5) is 14.4 Å². The largest absolute Gasteiger partial charge is 0.500 e. The lowest BCUT2D eigenvalue weighted by atomic mass is 9.81. The number of nitrogens with zero attached hydrogens (tertiary/aromatic N) is 6. The van der Waals surface area contributed by atoms with E-state index in [4.69, 9.17) is 54.0 Å². The first-order valence-electron chi connectivity index (χ1n) is 43.4. The number of carbonyl (C=O) groups excluding carboxylic acids is 6. The standard InChI is InChI=1S/C81H159N9O24Si3/c1-19-25-46-79(7,43-22-4)70(94)112-64-67(91)61-85(52-40-58-115(103-10,104-11)105-12)73(97)82-49-34-28-31-37-55-88-76(100)89(56-38-32-29-35-50-83-74(98)86(53-41-59-116(106-13,107-14)108-15)62-68(92)65-113-71(95)80(8,44-23-5)47-26-20-2)78(102)90(77(88)101)57-39-33-30-36-51-84-75(99)87(54-42-60-117(109-16,110-17)111-18)63-69(93)66-114-72(96)81(9,45-24-6)48-27-21-3/h67-69,91-93H,19-66H2,1-18H3,(H,82,97)(H,83,98)(H,84,99). The third-order valence-corrected chi connectivity index (χ3v) is 30.7. The number of urea groups is 3. The monoisotopic (exact) mass is 1730 g/mol. The Labute approximate surface area is 703 Å². The van der Waals surface area contributed by atoms with Crippen molar-refractivity contribution in [2.75, 3.05) is 143 Å². The van der Waals surface area contributed by atoms with Crippen molar-refractivity contribution < 1.29 is 98.1 Å². The van der Waals surface area contributed by atoms with Crippen LogP contribution in [0.3, 0.4) is 0 Å². The molecule has 1 rings (SSSR count). The molecule has 0 fully saturated rings. The molecule has 1 aromatic heterocycles. The summed E-state index contributed by atoms with van der Waals surface area (Å²) < 4.78 is 70.8. The highest BCUT2D eigenvalue weighted by molar-refractivity contribution is 6.61. The van der Waals surface area contributed by atoms with Gasteiger partial charge in [0.25, 0.3) is 0 Å². The maximum Gasteiger partial charge on any atom is 0.500 e. The molecular weight excluding hydrogens is 1570 g/mol. The Morgan fingerprint density at radius 1 is 0.333 bits per heavy atom. The number of aliphatic hydroxyl groups excluding tert-OH is 3. The maximum atomic E-state index is 14.4. The molecule has 0 spiro atoms. The fraction of sp³-hybridized carbons (Fsp3) is 0.889. The number of aromatic nitrogens is 3. The van der Waals surface area contributed by atoms with Gasteiger partial charge in [-0.3, -0.25) is 14.4 Å². The average molecular weight is 1730 g/mol. The van der Waals surface area contributed by atoms with E-state index in [0.29, 0.717) is 153 Å². The molecule has 684 valence electrons. The van der Waals surface area contributed by atoms with Crippen molar-refractivity contribution in [2.45, 2.75) is 311 Å². The Balaban J connectivity index is 3.45. The number of carbonyl (C=O) groups is 6. The third-order valence-electron chi connectivity index (χ3n) is 22.2. The predicted octanol–water partition coefficient (Wildman–Crippen LogP) is 10.4. The molecule has 1 heterocycles. The van der Waals surface area contributed by atoms with Crippen LogP contribution in [-0.2, 0) is 88.1 Å². The molecule has 0 saturated carbocycles. The van der Waals surface area contributed by atoms with Crippen LogP contribution in [0.5, 0.6) is 0 Å². The van der Waals surface area contributed by atoms with Gasteiger partial charge in [0, 0.05) is 141 Å². The van der Waals surface area contributed by atoms with E-state index in [0.717, 1.165) is 71.5 Å². The lowest BCUT2D eigenvalue weighted by Crippen LogP contribution is -2.54. The highest BCUT2D eigenvalue weighted by atomic mass is 28.4. The molecule has 0 radical (unpaired) electrons. The van der Waals surface area contributed by atoms with Gasteiger partial charge in [-0.25, -0.2) is 42.5 Å². The lowest BCUT2D eigenvalue weighted by Gasteiger charge is -2.29. The first-order chi connectivity index (χ1) is 55.8. The quantitative estimate of drug-likeness (QED) is 0.0153. The van der Waals surface area contributed by atoms with Gasteiger partial charge >= 0.3 is 79.5 Å². The van der Waals surface area contributed by atoms with Crippen molar-refractivity contribution in [1.82, 2.24) is 44.4 Å². The third kappa shape index (κ3) is 40.1. The smallest absolute Gasteiger partial charge is 0.462 e. The van der Waals surface area contributed by atoms with E-state index in [1.807, 2.05) is 41.5 Å². The Kier molecular flexibility index (Phi) is 57.4. The Morgan fingerprint density at radius 2 is 0.556 bits per heavy atom. The molecule has 0 aromatic carbocycles. The van der Waals surface area contributed by atoms with Gasteiger partial charge in [-0.1, -0.05) is 138 Å². The van der Waals surface area contributed by atoms with Crippen LogP contribution in [-0.4, -0.2) is 267 Å². The van der Waals surface area contributed by atoms with Gasteiger partial charge in [0.05, 0.1) is 35.9 Å². The van der Waals surface area contributed by atoms with Crippen LogP contribution >= 0.6 is 0 Å². The van der Waals surface area contributed by atoms with Crippen LogP contribution in [0.2, 0.25) is 18.1 Å². The topological polar surface area (TPSA) is 386 Å². The van der Waals surface area contributed by atoms with E-state index in [9.17, 15) is 58.5 Å². The molecule has 36 heteroatoms. The number of amides is 6. The molecule has 6 atom stereocenters. The summed E-state index contributed by atoms with van der Waals surface area (Å²) in [4.78, 5) is 129. The van der Waals surface area contributed by atoms with Crippen molar-refractivity contribution in [2.24, 2.45) is 16.2 Å². The fourth-order valence-corrected chi connectivity index (χ4v) is 19.8. The van der Waals surface area contributed by atoms with E-state index >= 15 is 0 Å². The summed E-state index contributed by atoms with van der Waals surface area (Å²) in [5, 5.41) is 42.5. The van der Waals surface area contributed by atoms with E-state index in [-0.39, 0.29) is 116 Å². The second-order valence-electron chi connectivity index (χ2n) is 31.8. The molecule has 0 bridgehead atoms. The second kappa shape index (κ2) is 61.2. The summed E-state index contributed by atoms with van der Waals surface area (Å²) in [6.07, 6.45) is 15.7. The number of rotatable bonds is 72. The second-order valence-corrected chi connectivity index (χ2v) is 41.0. The molecule has 6 amide bonds. The summed E-state index contributed by atoms with van der Waals surface area (Å²) >= 11 is 0. The first kappa shape index (κ1) is 110. The number of unbranched alkanes of at least 4 members (excludes halogenated alkanes) is 12. The van der Waals surface area contributed by atoms with Crippen molar-refractivity contribution in [3.8, 4) is 0 Å². The number of aliphatic hydroxyl groups is 3. The van der Waals surface area contributed by atoms with Gasteiger partial charge in [-0.15, -0.1) is 0 Å². The zero-order chi connectivity index (χ0) is 87.9. The van der Waals surface area contributed by atoms with Gasteiger partial charge in [-0.2, -0.15) is 0 Å². The van der Waals surface area contributed by atoms with E-state index < -0.39 is 96.1 Å². The lowest BCUT2D eigenvalue weighted by molar-refractivity contribution is -0.160. The highest BCUT2D eigenvalue weighted by Crippen LogP contribution is 2.34. The van der Waals surface area contributed by atoms with Crippen molar-refractivity contribution in [1.29, 1.82) is 0 Å². The van der Waals surface area contributed by atoms with Crippen molar-refractivity contribution in [3.05, 3.63) is 31.5 Å². The minimum absolute atomic E-state index is 0.0144. The van der Waals surface area contributed by atoms with E-state index in [1.165, 1.54) is 78.7 Å². The molecule has 117 heavy (non-hydrogen) atoms. The molecule has 0 aliphatic heterocycles. The Morgan fingerprint density at radius 3 is 0.761 bits per heavy atom. The highest BCUT2D eigenvalue weighted by Gasteiger charge is 2.42. The summed E-state index contributed by atoms with van der Waals surface area (Å²) in [5.74, 6) is -1.13. The van der Waals surface area contributed by atoms with Crippen molar-refractivity contribution in [3.63, 3.8) is 0 Å². The molecular formula is C81H159N9O24Si3. The van der Waals surface area contributed by atoms with Gasteiger partial charge in [0.15, 0.2) is 0 Å². The van der Waals surface area contributed by atoms with Crippen LogP contribution in [0.25, 0.3) is 0 Å².